The number of nitrogens with one attached hydrogen (secondary N) is 2. The van der Waals surface area contributed by atoms with E-state index < -0.39 is 28.6 Å². The van der Waals surface area contributed by atoms with Crippen molar-refractivity contribution in [2.45, 2.75) is 11.8 Å². The van der Waals surface area contributed by atoms with E-state index in [-0.39, 0.29) is 4.90 Å². The lowest BCUT2D eigenvalue weighted by atomic mass is 10.2. The van der Waals surface area contributed by atoms with Crippen molar-refractivity contribution in [1.82, 2.24) is 10.0 Å². The van der Waals surface area contributed by atoms with Crippen LogP contribution in [0.1, 0.15) is 5.56 Å². The van der Waals surface area contributed by atoms with Crippen LogP contribution in [0.25, 0.3) is 0 Å². The summed E-state index contributed by atoms with van der Waals surface area (Å²) in [6, 6.07) is 4.70. The van der Waals surface area contributed by atoms with Gasteiger partial charge in [-0.2, -0.15) is 0 Å². The van der Waals surface area contributed by atoms with Crippen LogP contribution in [0.3, 0.4) is 0 Å². The zero-order valence-corrected chi connectivity index (χ0v) is 10.3. The van der Waals surface area contributed by atoms with Crippen LogP contribution in [0.4, 0.5) is 9.18 Å². The summed E-state index contributed by atoms with van der Waals surface area (Å²) in [5.41, 5.74) is 0.439. The number of imide groups is 1. The van der Waals surface area contributed by atoms with Gasteiger partial charge in [-0.15, -0.1) is 0 Å². The Kier molecular flexibility index (Phi) is 4.38. The van der Waals surface area contributed by atoms with Crippen molar-refractivity contribution in [2.75, 3.05) is 6.67 Å². The number of carbonyl (C=O) groups excluding carboxylic acids is 2. The second-order valence-corrected chi connectivity index (χ2v) is 5.03. The van der Waals surface area contributed by atoms with E-state index in [9.17, 15) is 22.4 Å². The maximum Gasteiger partial charge on any atom is 0.335 e. The maximum atomic E-state index is 11.8. The molecule has 98 valence electrons. The Labute approximate surface area is 103 Å². The molecule has 0 heterocycles. The van der Waals surface area contributed by atoms with Gasteiger partial charge in [-0.3, -0.25) is 10.1 Å². The van der Waals surface area contributed by atoms with Crippen LogP contribution in [0, 0.1) is 6.92 Å². The van der Waals surface area contributed by atoms with Crippen LogP contribution in [-0.4, -0.2) is 27.0 Å². The maximum absolute atomic E-state index is 11.8. The van der Waals surface area contributed by atoms with Crippen LogP contribution in [-0.2, 0) is 14.8 Å². The van der Waals surface area contributed by atoms with Gasteiger partial charge in [0.2, 0.25) is 0 Å². The van der Waals surface area contributed by atoms with Crippen LogP contribution in [0.5, 0.6) is 0 Å². The van der Waals surface area contributed by atoms with E-state index in [1.165, 1.54) is 17.4 Å². The van der Waals surface area contributed by atoms with Gasteiger partial charge in [0.1, 0.15) is 0 Å². The molecule has 2 N–H and O–H groups in total. The zero-order valence-electron chi connectivity index (χ0n) is 9.44. The minimum absolute atomic E-state index is 0.0900. The van der Waals surface area contributed by atoms with Gasteiger partial charge in [0.05, 0.1) is 4.90 Å². The zero-order chi connectivity index (χ0) is 13.8. The number of amides is 3. The molecule has 3 amide bonds. The normalized spacial score (nSPS) is 10.8. The first kappa shape index (κ1) is 14.1. The molecule has 0 bridgehead atoms. The van der Waals surface area contributed by atoms with Gasteiger partial charge in [0.25, 0.3) is 15.9 Å². The number of urea groups is 1. The van der Waals surface area contributed by atoms with Crippen molar-refractivity contribution in [1.29, 1.82) is 0 Å². The molecule has 0 aromatic heterocycles. The van der Waals surface area contributed by atoms with Crippen molar-refractivity contribution in [3.8, 4) is 0 Å². The summed E-state index contributed by atoms with van der Waals surface area (Å²) in [6.45, 7) is 0.150. The van der Waals surface area contributed by atoms with E-state index in [2.05, 4.69) is 0 Å². The second kappa shape index (κ2) is 5.58. The molecule has 0 aliphatic carbocycles. The Morgan fingerprint density at radius 2 is 1.89 bits per heavy atom. The number of hydrogen-bond acceptors (Lipinski definition) is 4. The summed E-state index contributed by atoms with van der Waals surface area (Å²) in [4.78, 5) is 21.6. The molecule has 1 rings (SSSR count). The Morgan fingerprint density at radius 3 is 2.44 bits per heavy atom. The molecule has 8 heteroatoms. The molecule has 18 heavy (non-hydrogen) atoms. The predicted molar refractivity (Wildman–Crippen MR) is 61.0 cm³/mol. The van der Waals surface area contributed by atoms with E-state index in [0.29, 0.717) is 5.56 Å². The number of hydrogen-bond donors (Lipinski definition) is 2. The lowest BCUT2D eigenvalue weighted by Crippen LogP contribution is -2.43. The summed E-state index contributed by atoms with van der Waals surface area (Å²) >= 11 is 0. The third kappa shape index (κ3) is 3.52. The molecular weight excluding hydrogens is 263 g/mol. The molecule has 0 aliphatic rings. The molecule has 0 saturated carbocycles. The molecule has 1 aromatic carbocycles. The van der Waals surface area contributed by atoms with Gasteiger partial charge in [-0.1, -0.05) is 18.2 Å². The van der Waals surface area contributed by atoms with Gasteiger partial charge in [0.15, 0.2) is 6.67 Å². The fourth-order valence-corrected chi connectivity index (χ4v) is 2.38. The minimum atomic E-state index is -4.08. The second-order valence-electron chi connectivity index (χ2n) is 3.38. The summed E-state index contributed by atoms with van der Waals surface area (Å²) < 4.78 is 37.0. The number of halogens is 1. The molecular formula is C10H11FN2O4S. The summed E-state index contributed by atoms with van der Waals surface area (Å²) in [5, 5.41) is 1.53. The molecule has 0 atom stereocenters. The Hall–Kier alpha value is -1.96. The highest BCUT2D eigenvalue weighted by Gasteiger charge is 2.20. The van der Waals surface area contributed by atoms with Crippen molar-refractivity contribution in [3.05, 3.63) is 29.8 Å². The Bertz CT molecular complexity index is 571. The number of sulfonamides is 1. The Morgan fingerprint density at radius 1 is 1.28 bits per heavy atom. The SMILES string of the molecule is Cc1ccccc1S(=O)(=O)NC(=O)NC(=O)CF. The van der Waals surface area contributed by atoms with E-state index in [1.807, 2.05) is 0 Å². The van der Waals surface area contributed by atoms with Gasteiger partial charge in [0, 0.05) is 0 Å². The molecule has 0 unspecified atom stereocenters. The van der Waals surface area contributed by atoms with Gasteiger partial charge in [-0.05, 0) is 18.6 Å². The highest BCUT2D eigenvalue weighted by atomic mass is 32.2. The number of rotatable bonds is 3. The van der Waals surface area contributed by atoms with Crippen LogP contribution in [0.2, 0.25) is 0 Å². The van der Waals surface area contributed by atoms with Crippen molar-refractivity contribution in [2.24, 2.45) is 0 Å². The first-order chi connectivity index (χ1) is 8.36. The molecule has 0 spiro atoms. The summed E-state index contributed by atoms with van der Waals surface area (Å²) in [7, 11) is -4.08. The topological polar surface area (TPSA) is 92.3 Å². The molecule has 1 aromatic rings. The highest BCUT2D eigenvalue weighted by molar-refractivity contribution is 7.90. The van der Waals surface area contributed by atoms with E-state index >= 15 is 0 Å². The third-order valence-electron chi connectivity index (χ3n) is 1.98. The molecule has 0 saturated heterocycles. The quantitative estimate of drug-likeness (QED) is 0.838. The lowest BCUT2D eigenvalue weighted by molar-refractivity contribution is -0.120. The smallest absolute Gasteiger partial charge is 0.275 e. The largest absolute Gasteiger partial charge is 0.335 e. The highest BCUT2D eigenvalue weighted by Crippen LogP contribution is 2.13. The summed E-state index contributed by atoms with van der Waals surface area (Å²) in [6.07, 6.45) is 0. The van der Waals surface area contributed by atoms with Crippen molar-refractivity contribution < 1.29 is 22.4 Å². The van der Waals surface area contributed by atoms with E-state index in [1.54, 1.807) is 23.8 Å². The number of benzene rings is 1. The van der Waals surface area contributed by atoms with Crippen molar-refractivity contribution in [3.63, 3.8) is 0 Å². The lowest BCUT2D eigenvalue weighted by Gasteiger charge is -2.08. The van der Waals surface area contributed by atoms with E-state index in [0.717, 1.165) is 0 Å². The number of aryl methyl sites for hydroxylation is 1. The first-order valence-corrected chi connectivity index (χ1v) is 6.33. The molecule has 6 nitrogen and oxygen atoms in total. The average molecular weight is 274 g/mol. The minimum Gasteiger partial charge on any atom is -0.275 e. The molecule has 0 aliphatic heterocycles. The fraction of sp³-hybridized carbons (Fsp3) is 0.200. The first-order valence-electron chi connectivity index (χ1n) is 4.85. The van der Waals surface area contributed by atoms with E-state index in [4.69, 9.17) is 0 Å². The van der Waals surface area contributed by atoms with Crippen LogP contribution < -0.4 is 10.0 Å². The number of carbonyl (C=O) groups is 2. The van der Waals surface area contributed by atoms with Crippen LogP contribution in [0.15, 0.2) is 29.2 Å². The average Bonchev–Trinajstić information content (AvgIpc) is 2.28. The van der Waals surface area contributed by atoms with Crippen LogP contribution >= 0.6 is 0 Å². The summed E-state index contributed by atoms with van der Waals surface area (Å²) in [5.74, 6) is -1.22. The predicted octanol–water partition coefficient (Wildman–Crippen LogP) is 0.479. The van der Waals surface area contributed by atoms with Gasteiger partial charge in [-0.25, -0.2) is 22.3 Å². The van der Waals surface area contributed by atoms with Crippen molar-refractivity contribution >= 4 is 22.0 Å². The fourth-order valence-electron chi connectivity index (χ4n) is 1.22. The number of alkyl halides is 1. The molecule has 0 radical (unpaired) electrons. The molecule has 0 fully saturated rings. The Balaban J connectivity index is 2.87. The van der Waals surface area contributed by atoms with Gasteiger partial charge < -0.3 is 0 Å². The standard InChI is InChI=1S/C10H11FN2O4S/c1-7-4-2-3-5-8(7)18(16,17)13-10(15)12-9(14)6-11/h2-5H,6H2,1H3,(H2,12,13,14,15). The van der Waals surface area contributed by atoms with Gasteiger partial charge >= 0.3 is 6.03 Å². The monoisotopic (exact) mass is 274 g/mol. The third-order valence-corrected chi connectivity index (χ3v) is 3.48.